The summed E-state index contributed by atoms with van der Waals surface area (Å²) in [5.74, 6) is 0.222. The molecule has 0 aromatic heterocycles. The van der Waals surface area contributed by atoms with Gasteiger partial charge in [-0.3, -0.25) is 4.79 Å². The quantitative estimate of drug-likeness (QED) is 0.880. The number of benzene rings is 1. The number of carbonyl (C=O) groups excluding carboxylic acids is 1. The summed E-state index contributed by atoms with van der Waals surface area (Å²) in [6.45, 7) is -0.917. The second-order valence-corrected chi connectivity index (χ2v) is 4.18. The van der Waals surface area contributed by atoms with Crippen LogP contribution < -0.4 is 10.1 Å². The molecule has 0 radical (unpaired) electrons. The molecule has 2 atom stereocenters. The lowest BCUT2D eigenvalue weighted by molar-refractivity contribution is -0.117. The van der Waals surface area contributed by atoms with Gasteiger partial charge in [0.2, 0.25) is 5.91 Å². The molecule has 0 spiro atoms. The first-order chi connectivity index (χ1) is 8.08. The fraction of sp³-hybridized carbons (Fsp3) is 0.417. The molecule has 2 unspecified atom stereocenters. The van der Waals surface area contributed by atoms with E-state index in [1.54, 1.807) is 18.2 Å². The third kappa shape index (κ3) is 2.93. The van der Waals surface area contributed by atoms with Gasteiger partial charge in [-0.2, -0.15) is 8.78 Å². The summed E-state index contributed by atoms with van der Waals surface area (Å²) < 4.78 is 28.6. The Hall–Kier alpha value is -1.65. The number of carbonyl (C=O) groups is 1. The van der Waals surface area contributed by atoms with Gasteiger partial charge < -0.3 is 10.1 Å². The van der Waals surface area contributed by atoms with Crippen LogP contribution in [-0.4, -0.2) is 12.5 Å². The lowest BCUT2D eigenvalue weighted by Gasteiger charge is -2.11. The van der Waals surface area contributed by atoms with Crippen LogP contribution in [-0.2, 0) is 4.79 Å². The third-order valence-electron chi connectivity index (χ3n) is 2.81. The van der Waals surface area contributed by atoms with Crippen LogP contribution >= 0.6 is 0 Å². The van der Waals surface area contributed by atoms with E-state index in [-0.39, 0.29) is 23.3 Å². The fourth-order valence-electron chi connectivity index (χ4n) is 1.68. The standard InChI is InChI=1S/C12H13F2NO2/c1-7-6-8(7)11(16)15-9-4-2-3-5-10(9)17-12(13)14/h2-5,7-8,12H,6H2,1H3,(H,15,16). The highest BCUT2D eigenvalue weighted by Crippen LogP contribution is 2.39. The maximum Gasteiger partial charge on any atom is 0.387 e. The van der Waals surface area contributed by atoms with Gasteiger partial charge in [-0.05, 0) is 24.5 Å². The molecule has 1 fully saturated rings. The van der Waals surface area contributed by atoms with Gasteiger partial charge in [-0.15, -0.1) is 0 Å². The predicted molar refractivity (Wildman–Crippen MR) is 59.0 cm³/mol. The predicted octanol–water partition coefficient (Wildman–Crippen LogP) is 2.88. The minimum absolute atomic E-state index is 0.00499. The Labute approximate surface area is 97.8 Å². The number of alkyl halides is 2. The van der Waals surface area contributed by atoms with Crippen LogP contribution in [0.3, 0.4) is 0 Å². The minimum Gasteiger partial charge on any atom is -0.433 e. The molecular weight excluding hydrogens is 228 g/mol. The lowest BCUT2D eigenvalue weighted by Crippen LogP contribution is -2.15. The Morgan fingerprint density at radius 1 is 1.47 bits per heavy atom. The van der Waals surface area contributed by atoms with Crippen molar-refractivity contribution in [3.05, 3.63) is 24.3 Å². The van der Waals surface area contributed by atoms with Gasteiger partial charge >= 0.3 is 6.61 Å². The van der Waals surface area contributed by atoms with Crippen molar-refractivity contribution in [3.8, 4) is 5.75 Å². The molecule has 1 saturated carbocycles. The van der Waals surface area contributed by atoms with E-state index in [1.807, 2.05) is 6.92 Å². The average molecular weight is 241 g/mol. The number of nitrogens with one attached hydrogen (secondary N) is 1. The first kappa shape index (κ1) is 11.8. The second kappa shape index (κ2) is 4.69. The van der Waals surface area contributed by atoms with Crippen LogP contribution in [0.15, 0.2) is 24.3 Å². The summed E-state index contributed by atoms with van der Waals surface area (Å²) in [4.78, 5) is 11.7. The average Bonchev–Trinajstić information content (AvgIpc) is 2.98. The molecule has 0 bridgehead atoms. The van der Waals surface area contributed by atoms with Gasteiger partial charge in [0.05, 0.1) is 5.69 Å². The van der Waals surface area contributed by atoms with Crippen molar-refractivity contribution in [2.45, 2.75) is 20.0 Å². The number of ether oxygens (including phenoxy) is 1. The van der Waals surface area contributed by atoms with Crippen molar-refractivity contribution < 1.29 is 18.3 Å². The molecule has 0 aliphatic heterocycles. The van der Waals surface area contributed by atoms with E-state index < -0.39 is 6.61 Å². The van der Waals surface area contributed by atoms with Gasteiger partial charge in [0.1, 0.15) is 5.75 Å². The number of anilines is 1. The van der Waals surface area contributed by atoms with Gasteiger partial charge in [0.25, 0.3) is 0 Å². The molecule has 17 heavy (non-hydrogen) atoms. The van der Waals surface area contributed by atoms with E-state index in [9.17, 15) is 13.6 Å². The Morgan fingerprint density at radius 3 is 2.71 bits per heavy atom. The molecule has 5 heteroatoms. The smallest absolute Gasteiger partial charge is 0.387 e. The van der Waals surface area contributed by atoms with Crippen LogP contribution in [0.5, 0.6) is 5.75 Å². The Balaban J connectivity index is 2.06. The van der Waals surface area contributed by atoms with Crippen molar-refractivity contribution in [1.82, 2.24) is 0 Å². The summed E-state index contributed by atoms with van der Waals surface area (Å²) in [7, 11) is 0. The molecule has 92 valence electrons. The first-order valence-corrected chi connectivity index (χ1v) is 5.42. The molecule has 1 N–H and O–H groups in total. The minimum atomic E-state index is -2.90. The number of hydrogen-bond donors (Lipinski definition) is 1. The van der Waals surface area contributed by atoms with E-state index in [0.717, 1.165) is 6.42 Å². The highest BCUT2D eigenvalue weighted by molar-refractivity contribution is 5.95. The number of rotatable bonds is 4. The Kier molecular flexibility index (Phi) is 3.26. The summed E-state index contributed by atoms with van der Waals surface area (Å²) >= 11 is 0. The first-order valence-electron chi connectivity index (χ1n) is 5.42. The largest absolute Gasteiger partial charge is 0.433 e. The molecule has 1 amide bonds. The summed E-state index contributed by atoms with van der Waals surface area (Å²) in [6, 6.07) is 6.18. The topological polar surface area (TPSA) is 38.3 Å². The van der Waals surface area contributed by atoms with Gasteiger partial charge in [0.15, 0.2) is 0 Å². The van der Waals surface area contributed by atoms with Gasteiger partial charge in [0, 0.05) is 5.92 Å². The van der Waals surface area contributed by atoms with E-state index in [2.05, 4.69) is 10.1 Å². The summed E-state index contributed by atoms with van der Waals surface area (Å²) in [5, 5.41) is 2.61. The van der Waals surface area contributed by atoms with Crippen LogP contribution in [0.1, 0.15) is 13.3 Å². The van der Waals surface area contributed by atoms with Crippen LogP contribution in [0, 0.1) is 11.8 Å². The third-order valence-corrected chi connectivity index (χ3v) is 2.81. The van der Waals surface area contributed by atoms with E-state index in [1.165, 1.54) is 6.07 Å². The molecule has 0 saturated heterocycles. The SMILES string of the molecule is CC1CC1C(=O)Nc1ccccc1OC(F)F. The monoisotopic (exact) mass is 241 g/mol. The number of amides is 1. The number of para-hydroxylation sites is 2. The number of halogens is 2. The van der Waals surface area contributed by atoms with E-state index in [4.69, 9.17) is 0 Å². The summed E-state index contributed by atoms with van der Waals surface area (Å²) in [5.41, 5.74) is 0.289. The molecular formula is C12H13F2NO2. The van der Waals surface area contributed by atoms with E-state index in [0.29, 0.717) is 5.92 Å². The van der Waals surface area contributed by atoms with Crippen LogP contribution in [0.2, 0.25) is 0 Å². The van der Waals surface area contributed by atoms with Gasteiger partial charge in [-0.25, -0.2) is 0 Å². The maximum absolute atomic E-state index is 12.1. The van der Waals surface area contributed by atoms with Crippen molar-refractivity contribution in [3.63, 3.8) is 0 Å². The summed E-state index contributed by atoms with van der Waals surface area (Å²) in [6.07, 6.45) is 0.851. The highest BCUT2D eigenvalue weighted by Gasteiger charge is 2.39. The molecule has 2 rings (SSSR count). The zero-order valence-electron chi connectivity index (χ0n) is 9.32. The van der Waals surface area contributed by atoms with Crippen LogP contribution in [0.25, 0.3) is 0 Å². The molecule has 3 nitrogen and oxygen atoms in total. The zero-order valence-corrected chi connectivity index (χ0v) is 9.32. The van der Waals surface area contributed by atoms with Crippen LogP contribution in [0.4, 0.5) is 14.5 Å². The van der Waals surface area contributed by atoms with Crippen molar-refractivity contribution in [2.75, 3.05) is 5.32 Å². The fourth-order valence-corrected chi connectivity index (χ4v) is 1.68. The second-order valence-electron chi connectivity index (χ2n) is 4.18. The maximum atomic E-state index is 12.1. The number of hydrogen-bond acceptors (Lipinski definition) is 2. The van der Waals surface area contributed by atoms with Gasteiger partial charge in [-0.1, -0.05) is 19.1 Å². The highest BCUT2D eigenvalue weighted by atomic mass is 19.3. The normalized spacial score (nSPS) is 22.4. The lowest BCUT2D eigenvalue weighted by atomic mass is 10.2. The Bertz CT molecular complexity index is 423. The molecule has 1 aromatic rings. The van der Waals surface area contributed by atoms with Crippen molar-refractivity contribution in [1.29, 1.82) is 0 Å². The molecule has 1 aromatic carbocycles. The molecule has 1 aliphatic carbocycles. The molecule has 0 heterocycles. The van der Waals surface area contributed by atoms with Crippen molar-refractivity contribution in [2.24, 2.45) is 11.8 Å². The van der Waals surface area contributed by atoms with Crippen molar-refractivity contribution >= 4 is 11.6 Å². The Morgan fingerprint density at radius 2 is 2.12 bits per heavy atom. The van der Waals surface area contributed by atoms with E-state index >= 15 is 0 Å². The zero-order chi connectivity index (χ0) is 12.4. The molecule has 1 aliphatic rings.